The molecule has 0 bridgehead atoms. The van der Waals surface area contributed by atoms with E-state index in [-0.39, 0.29) is 34.7 Å². The van der Waals surface area contributed by atoms with Crippen LogP contribution in [0, 0.1) is 0 Å². The molecular formula is C21H27N5O4. The lowest BCUT2D eigenvalue weighted by atomic mass is 10.0. The average molecular weight is 413 g/mol. The van der Waals surface area contributed by atoms with Gasteiger partial charge in [0, 0.05) is 31.7 Å². The van der Waals surface area contributed by atoms with Crippen LogP contribution in [0.3, 0.4) is 0 Å². The molecule has 0 unspecified atom stereocenters. The third-order valence-electron chi connectivity index (χ3n) is 5.20. The summed E-state index contributed by atoms with van der Waals surface area (Å²) in [6.45, 7) is 3.26. The molecule has 0 atom stereocenters. The fraction of sp³-hybridized carbons (Fsp3) is 0.429. The highest BCUT2D eigenvalue weighted by atomic mass is 16.5. The van der Waals surface area contributed by atoms with E-state index >= 15 is 0 Å². The van der Waals surface area contributed by atoms with Gasteiger partial charge in [-0.1, -0.05) is 13.0 Å². The first-order valence-corrected chi connectivity index (χ1v) is 9.91. The minimum absolute atomic E-state index is 0.0732. The Kier molecular flexibility index (Phi) is 6.71. The molecule has 1 aliphatic heterocycles. The molecule has 0 radical (unpaired) electrons. The molecule has 2 heterocycles. The van der Waals surface area contributed by atoms with Crippen molar-refractivity contribution < 1.29 is 19.1 Å². The number of anilines is 2. The van der Waals surface area contributed by atoms with E-state index in [9.17, 15) is 9.59 Å². The Morgan fingerprint density at radius 2 is 1.83 bits per heavy atom. The zero-order chi connectivity index (χ0) is 21.7. The fourth-order valence-corrected chi connectivity index (χ4v) is 3.53. The number of benzene rings is 1. The Morgan fingerprint density at radius 3 is 2.37 bits per heavy atom. The number of aromatic nitrogens is 2. The number of methoxy groups -OCH3 is 2. The zero-order valence-corrected chi connectivity index (χ0v) is 17.5. The predicted molar refractivity (Wildman–Crippen MR) is 113 cm³/mol. The number of amides is 1. The summed E-state index contributed by atoms with van der Waals surface area (Å²) in [5, 5.41) is 3.25. The largest absolute Gasteiger partial charge is 0.496 e. The number of hydrogen-bond donors (Lipinski definition) is 2. The molecule has 1 aliphatic rings. The summed E-state index contributed by atoms with van der Waals surface area (Å²) in [5.74, 6) is 0.993. The number of nitrogens with two attached hydrogens (primary N) is 1. The van der Waals surface area contributed by atoms with Crippen LogP contribution in [0.1, 0.15) is 42.1 Å². The van der Waals surface area contributed by atoms with Gasteiger partial charge in [0.25, 0.3) is 0 Å². The second-order valence-corrected chi connectivity index (χ2v) is 7.01. The molecule has 1 aromatic heterocycles. The molecule has 0 spiro atoms. The third-order valence-corrected chi connectivity index (χ3v) is 5.20. The van der Waals surface area contributed by atoms with Gasteiger partial charge in [-0.15, -0.1) is 0 Å². The van der Waals surface area contributed by atoms with Crippen LogP contribution in [0.2, 0.25) is 0 Å². The van der Waals surface area contributed by atoms with Gasteiger partial charge in [-0.05, 0) is 25.0 Å². The number of rotatable bonds is 7. The number of nitrogens with zero attached hydrogens (tertiary/aromatic N) is 3. The Bertz CT molecular complexity index is 903. The van der Waals surface area contributed by atoms with E-state index in [1.807, 2.05) is 11.8 Å². The van der Waals surface area contributed by atoms with E-state index in [0.717, 1.165) is 12.8 Å². The highest BCUT2D eigenvalue weighted by Crippen LogP contribution is 2.31. The highest BCUT2D eigenvalue weighted by molar-refractivity contribution is 6.14. The lowest BCUT2D eigenvalue weighted by Gasteiger charge is -2.32. The van der Waals surface area contributed by atoms with E-state index in [2.05, 4.69) is 15.3 Å². The van der Waals surface area contributed by atoms with Gasteiger partial charge in [0.05, 0.1) is 19.8 Å². The van der Waals surface area contributed by atoms with Crippen LogP contribution in [0.4, 0.5) is 11.8 Å². The second-order valence-electron chi connectivity index (χ2n) is 7.01. The van der Waals surface area contributed by atoms with Crippen molar-refractivity contribution in [1.82, 2.24) is 14.9 Å². The van der Waals surface area contributed by atoms with Crippen LogP contribution < -0.4 is 20.5 Å². The summed E-state index contributed by atoms with van der Waals surface area (Å²) in [7, 11) is 2.97. The summed E-state index contributed by atoms with van der Waals surface area (Å²) >= 11 is 0. The van der Waals surface area contributed by atoms with Crippen molar-refractivity contribution in [1.29, 1.82) is 0 Å². The van der Waals surface area contributed by atoms with Crippen LogP contribution in [-0.4, -0.2) is 59.9 Å². The van der Waals surface area contributed by atoms with Crippen molar-refractivity contribution in [3.05, 3.63) is 35.5 Å². The van der Waals surface area contributed by atoms with E-state index < -0.39 is 0 Å². The van der Waals surface area contributed by atoms with Gasteiger partial charge in [-0.25, -0.2) is 4.98 Å². The van der Waals surface area contributed by atoms with E-state index in [1.54, 1.807) is 18.2 Å². The predicted octanol–water partition coefficient (Wildman–Crippen LogP) is 2.12. The van der Waals surface area contributed by atoms with E-state index in [1.165, 1.54) is 20.4 Å². The number of likely N-dealkylation sites (tertiary alicyclic amines) is 1. The summed E-state index contributed by atoms with van der Waals surface area (Å²) in [4.78, 5) is 35.3. The number of nitrogen functional groups attached to an aromatic ring is 1. The summed E-state index contributed by atoms with van der Waals surface area (Å²) in [5.41, 5.74) is 6.52. The number of hydrogen-bond acceptors (Lipinski definition) is 8. The summed E-state index contributed by atoms with van der Waals surface area (Å²) in [6, 6.07) is 5.23. The molecule has 30 heavy (non-hydrogen) atoms. The van der Waals surface area contributed by atoms with Gasteiger partial charge in [0.2, 0.25) is 17.6 Å². The first kappa shape index (κ1) is 21.4. The molecule has 1 fully saturated rings. The first-order valence-electron chi connectivity index (χ1n) is 9.91. The van der Waals surface area contributed by atoms with Crippen molar-refractivity contribution in [3.8, 4) is 11.5 Å². The summed E-state index contributed by atoms with van der Waals surface area (Å²) in [6.07, 6.45) is 3.53. The van der Waals surface area contributed by atoms with E-state index in [4.69, 9.17) is 15.2 Å². The topological polar surface area (TPSA) is 120 Å². The molecule has 0 aliphatic carbocycles. The van der Waals surface area contributed by atoms with Crippen LogP contribution in [0.5, 0.6) is 11.5 Å². The molecule has 1 amide bonds. The number of ketones is 1. The van der Waals surface area contributed by atoms with Gasteiger partial charge in [-0.2, -0.15) is 4.98 Å². The molecule has 3 rings (SSSR count). The maximum Gasteiger partial charge on any atom is 0.224 e. The monoisotopic (exact) mass is 413 g/mol. The molecule has 1 aromatic carbocycles. The molecule has 160 valence electrons. The minimum Gasteiger partial charge on any atom is -0.496 e. The minimum atomic E-state index is -0.375. The van der Waals surface area contributed by atoms with Crippen LogP contribution in [0.25, 0.3) is 0 Å². The molecule has 3 N–H and O–H groups in total. The van der Waals surface area contributed by atoms with Crippen molar-refractivity contribution in [2.24, 2.45) is 0 Å². The maximum absolute atomic E-state index is 13.1. The molecule has 0 saturated carbocycles. The van der Waals surface area contributed by atoms with E-state index in [0.29, 0.717) is 37.0 Å². The average Bonchev–Trinajstić information content (AvgIpc) is 2.78. The quantitative estimate of drug-likeness (QED) is 0.663. The molecule has 9 heteroatoms. The lowest BCUT2D eigenvalue weighted by molar-refractivity contribution is -0.131. The number of nitrogens with one attached hydrogen (secondary N) is 1. The maximum atomic E-state index is 13.1. The zero-order valence-electron chi connectivity index (χ0n) is 17.5. The van der Waals surface area contributed by atoms with Gasteiger partial charge in [0.1, 0.15) is 22.9 Å². The van der Waals surface area contributed by atoms with Crippen molar-refractivity contribution in [3.63, 3.8) is 0 Å². The standard InChI is InChI=1S/C21H27N5O4/c1-4-17(27)26-10-8-13(9-11-26)24-21-23-12-14(20(22)25-21)19(28)18-15(29-2)6-5-7-16(18)30-3/h5-7,12-13H,4,8-11H2,1-3H3,(H3,22,23,24,25). The van der Waals surface area contributed by atoms with Gasteiger partial charge in [-0.3, -0.25) is 9.59 Å². The number of carbonyl (C=O) groups excluding carboxylic acids is 2. The fourth-order valence-electron chi connectivity index (χ4n) is 3.53. The molecule has 1 saturated heterocycles. The second kappa shape index (κ2) is 9.43. The number of ether oxygens (including phenoxy) is 2. The van der Waals surface area contributed by atoms with Crippen molar-refractivity contribution in [2.45, 2.75) is 32.2 Å². The van der Waals surface area contributed by atoms with Crippen molar-refractivity contribution in [2.75, 3.05) is 38.4 Å². The Labute approximate surface area is 175 Å². The van der Waals surface area contributed by atoms with Gasteiger partial charge < -0.3 is 25.4 Å². The Morgan fingerprint density at radius 1 is 1.20 bits per heavy atom. The summed E-state index contributed by atoms with van der Waals surface area (Å²) < 4.78 is 10.6. The van der Waals surface area contributed by atoms with Crippen LogP contribution in [-0.2, 0) is 4.79 Å². The van der Waals surface area contributed by atoms with Crippen molar-refractivity contribution >= 4 is 23.5 Å². The number of piperidine rings is 1. The Balaban J connectivity index is 1.74. The lowest BCUT2D eigenvalue weighted by Crippen LogP contribution is -2.42. The molecule has 2 aromatic rings. The normalized spacial score (nSPS) is 14.3. The van der Waals surface area contributed by atoms with Crippen LogP contribution in [0.15, 0.2) is 24.4 Å². The van der Waals surface area contributed by atoms with Gasteiger partial charge >= 0.3 is 0 Å². The first-order chi connectivity index (χ1) is 14.5. The number of carbonyl (C=O) groups is 2. The SMILES string of the molecule is CCC(=O)N1CCC(Nc2ncc(C(=O)c3c(OC)cccc3OC)c(N)n2)CC1. The smallest absolute Gasteiger partial charge is 0.224 e. The Hall–Kier alpha value is -3.36. The molecular weight excluding hydrogens is 386 g/mol. The highest BCUT2D eigenvalue weighted by Gasteiger charge is 2.25. The third kappa shape index (κ3) is 4.45. The van der Waals surface area contributed by atoms with Gasteiger partial charge in [0.15, 0.2) is 0 Å². The molecule has 9 nitrogen and oxygen atoms in total. The van der Waals surface area contributed by atoms with Crippen LogP contribution >= 0.6 is 0 Å².